The number of anilines is 4. The van der Waals surface area contributed by atoms with E-state index in [2.05, 4.69) is 25.1 Å². The molecule has 0 spiro atoms. The van der Waals surface area contributed by atoms with Crippen LogP contribution >= 0.6 is 0 Å². The van der Waals surface area contributed by atoms with E-state index in [-0.39, 0.29) is 0 Å². The lowest BCUT2D eigenvalue weighted by atomic mass is 10.0. The average Bonchev–Trinajstić information content (AvgIpc) is 2.74. The monoisotopic (exact) mass is 411 g/mol. The van der Waals surface area contributed by atoms with Gasteiger partial charge in [-0.3, -0.25) is 0 Å². The Kier molecular flexibility index (Phi) is 4.87. The van der Waals surface area contributed by atoms with Crippen LogP contribution in [-0.2, 0) is 19.1 Å². The van der Waals surface area contributed by atoms with E-state index in [1.165, 1.54) is 24.7 Å². The van der Waals surface area contributed by atoms with Gasteiger partial charge in [-0.25, -0.2) is 19.8 Å². The number of rotatable bonds is 3. The summed E-state index contributed by atoms with van der Waals surface area (Å²) in [6, 6.07) is 7.22. The van der Waals surface area contributed by atoms with Crippen LogP contribution in [0.2, 0.25) is 0 Å². The molecule has 0 saturated carbocycles. The predicted molar refractivity (Wildman–Crippen MR) is 106 cm³/mol. The molecule has 0 amide bonds. The van der Waals surface area contributed by atoms with Gasteiger partial charge in [0.1, 0.15) is 18.0 Å². The molecule has 3 aromatic rings. The van der Waals surface area contributed by atoms with Crippen LogP contribution in [0, 0.1) is 6.57 Å². The number of benzene rings is 1. The Morgan fingerprint density at radius 1 is 1.13 bits per heavy atom. The van der Waals surface area contributed by atoms with Gasteiger partial charge < -0.3 is 16.0 Å². The quantitative estimate of drug-likeness (QED) is 0.624. The van der Waals surface area contributed by atoms with Gasteiger partial charge in [0.15, 0.2) is 5.69 Å². The Hall–Kier alpha value is -3.87. The van der Waals surface area contributed by atoms with Crippen molar-refractivity contribution >= 4 is 28.7 Å². The number of nitrogens with one attached hydrogen (secondary N) is 1. The fourth-order valence-corrected chi connectivity index (χ4v) is 3.33. The van der Waals surface area contributed by atoms with Gasteiger partial charge in [-0.1, -0.05) is 6.07 Å². The Balaban J connectivity index is 1.60. The SMILES string of the molecule is [C-]#[N+]c1ccc(N2CCc3c(ncnc3Nc3ccc(N)cn3)C2)cc1C(F)(F)F. The van der Waals surface area contributed by atoms with Gasteiger partial charge in [0.05, 0.1) is 36.3 Å². The van der Waals surface area contributed by atoms with Gasteiger partial charge in [0, 0.05) is 17.8 Å². The fourth-order valence-electron chi connectivity index (χ4n) is 3.33. The number of fused-ring (bicyclic) bond motifs is 1. The summed E-state index contributed by atoms with van der Waals surface area (Å²) in [5.41, 5.74) is 6.86. The van der Waals surface area contributed by atoms with Gasteiger partial charge in [-0.05, 0) is 30.7 Å². The normalized spacial score (nSPS) is 13.5. The van der Waals surface area contributed by atoms with Gasteiger partial charge in [-0.15, -0.1) is 0 Å². The fraction of sp³-hybridized carbons (Fsp3) is 0.200. The Bertz CT molecular complexity index is 1120. The van der Waals surface area contributed by atoms with Crippen LogP contribution in [0.3, 0.4) is 0 Å². The van der Waals surface area contributed by atoms with Crippen LogP contribution in [-0.4, -0.2) is 21.5 Å². The Morgan fingerprint density at radius 3 is 2.67 bits per heavy atom. The zero-order chi connectivity index (χ0) is 21.3. The Labute approximate surface area is 170 Å². The van der Waals surface area contributed by atoms with Crippen molar-refractivity contribution in [1.82, 2.24) is 15.0 Å². The standard InChI is InChI=1S/C20H16F3N7/c1-25-16-4-3-13(8-15(16)20(21,22)23)30-7-6-14-17(10-30)27-11-28-19(14)29-18-5-2-12(24)9-26-18/h2-5,8-9,11H,6-7,10,24H2,(H,26,27,28,29). The highest BCUT2D eigenvalue weighted by molar-refractivity contribution is 5.64. The van der Waals surface area contributed by atoms with E-state index >= 15 is 0 Å². The molecule has 0 saturated heterocycles. The Morgan fingerprint density at radius 2 is 1.97 bits per heavy atom. The molecule has 10 heteroatoms. The zero-order valence-corrected chi connectivity index (χ0v) is 15.6. The van der Waals surface area contributed by atoms with Crippen LogP contribution in [0.4, 0.5) is 41.9 Å². The summed E-state index contributed by atoms with van der Waals surface area (Å²) in [4.78, 5) is 17.6. The molecule has 1 aromatic carbocycles. The summed E-state index contributed by atoms with van der Waals surface area (Å²) in [5.74, 6) is 1.19. The smallest absolute Gasteiger partial charge is 0.397 e. The van der Waals surface area contributed by atoms with E-state index in [0.717, 1.165) is 17.3 Å². The van der Waals surface area contributed by atoms with E-state index in [0.29, 0.717) is 42.5 Å². The molecule has 0 bridgehead atoms. The highest BCUT2D eigenvalue weighted by atomic mass is 19.4. The van der Waals surface area contributed by atoms with Gasteiger partial charge in [-0.2, -0.15) is 13.2 Å². The molecule has 1 aliphatic rings. The maximum atomic E-state index is 13.3. The molecule has 3 heterocycles. The lowest BCUT2D eigenvalue weighted by molar-refractivity contribution is -0.136. The largest absolute Gasteiger partial charge is 0.407 e. The van der Waals surface area contributed by atoms with E-state index < -0.39 is 17.4 Å². The van der Waals surface area contributed by atoms with Crippen LogP contribution < -0.4 is 16.0 Å². The van der Waals surface area contributed by atoms with Crippen molar-refractivity contribution in [3.63, 3.8) is 0 Å². The van der Waals surface area contributed by atoms with Crippen molar-refractivity contribution in [2.75, 3.05) is 22.5 Å². The number of nitrogen functional groups attached to an aromatic ring is 1. The molecule has 2 aromatic heterocycles. The van der Waals surface area contributed by atoms with E-state index in [4.69, 9.17) is 12.3 Å². The number of nitrogens with two attached hydrogens (primary N) is 1. The minimum absolute atomic E-state index is 0.330. The number of aromatic nitrogens is 3. The van der Waals surface area contributed by atoms with Gasteiger partial charge >= 0.3 is 6.18 Å². The first kappa shape index (κ1) is 19.4. The number of nitrogens with zero attached hydrogens (tertiary/aromatic N) is 5. The van der Waals surface area contributed by atoms with Gasteiger partial charge in [0.25, 0.3) is 0 Å². The second kappa shape index (κ2) is 7.51. The lowest BCUT2D eigenvalue weighted by Crippen LogP contribution is -2.32. The van der Waals surface area contributed by atoms with Crippen LogP contribution in [0.15, 0.2) is 42.9 Å². The summed E-state index contributed by atoms with van der Waals surface area (Å²) < 4.78 is 39.9. The van der Waals surface area contributed by atoms with Crippen LogP contribution in [0.5, 0.6) is 0 Å². The summed E-state index contributed by atoms with van der Waals surface area (Å²) in [6.07, 6.45) is -1.11. The minimum atomic E-state index is -4.59. The summed E-state index contributed by atoms with van der Waals surface area (Å²) in [5, 5.41) is 3.14. The third-order valence-corrected chi connectivity index (χ3v) is 4.81. The van der Waals surface area contributed by atoms with Crippen LogP contribution in [0.25, 0.3) is 4.85 Å². The molecule has 30 heavy (non-hydrogen) atoms. The predicted octanol–water partition coefficient (Wildman–Crippen LogP) is 4.33. The molecule has 0 unspecified atom stereocenters. The van der Waals surface area contributed by atoms with Crippen LogP contribution in [0.1, 0.15) is 16.8 Å². The maximum absolute atomic E-state index is 13.3. The van der Waals surface area contributed by atoms with E-state index in [1.807, 2.05) is 4.90 Å². The van der Waals surface area contributed by atoms with Crippen molar-refractivity contribution in [3.8, 4) is 0 Å². The summed E-state index contributed by atoms with van der Waals surface area (Å²) in [7, 11) is 0. The molecule has 4 rings (SSSR count). The molecule has 0 aliphatic carbocycles. The molecule has 1 aliphatic heterocycles. The molecule has 3 N–H and O–H groups in total. The molecular formula is C20H16F3N7. The van der Waals surface area contributed by atoms with Crippen molar-refractivity contribution in [3.05, 3.63) is 71.1 Å². The molecular weight excluding hydrogens is 395 g/mol. The number of halogens is 3. The first-order valence-corrected chi connectivity index (χ1v) is 9.00. The highest BCUT2D eigenvalue weighted by Crippen LogP contribution is 2.39. The van der Waals surface area contributed by atoms with Gasteiger partial charge in [0.2, 0.25) is 0 Å². The first-order valence-electron chi connectivity index (χ1n) is 9.00. The zero-order valence-electron chi connectivity index (χ0n) is 15.6. The summed E-state index contributed by atoms with van der Waals surface area (Å²) in [6.45, 7) is 7.79. The first-order chi connectivity index (χ1) is 14.3. The van der Waals surface area contributed by atoms with Crippen molar-refractivity contribution in [2.45, 2.75) is 19.1 Å². The van der Waals surface area contributed by atoms with Crippen molar-refractivity contribution in [1.29, 1.82) is 0 Å². The highest BCUT2D eigenvalue weighted by Gasteiger charge is 2.34. The molecule has 0 fully saturated rings. The number of hydrogen-bond donors (Lipinski definition) is 2. The molecule has 0 radical (unpaired) electrons. The molecule has 7 nitrogen and oxygen atoms in total. The van der Waals surface area contributed by atoms with E-state index in [1.54, 1.807) is 12.1 Å². The van der Waals surface area contributed by atoms with Crippen molar-refractivity contribution in [2.24, 2.45) is 0 Å². The third-order valence-electron chi connectivity index (χ3n) is 4.81. The second-order valence-electron chi connectivity index (χ2n) is 6.73. The molecule has 152 valence electrons. The number of pyridine rings is 1. The topological polar surface area (TPSA) is 84.3 Å². The number of alkyl halides is 3. The average molecular weight is 411 g/mol. The lowest BCUT2D eigenvalue weighted by Gasteiger charge is -2.31. The number of hydrogen-bond acceptors (Lipinski definition) is 6. The summed E-state index contributed by atoms with van der Waals surface area (Å²) >= 11 is 0. The third kappa shape index (κ3) is 3.82. The van der Waals surface area contributed by atoms with E-state index in [9.17, 15) is 13.2 Å². The minimum Gasteiger partial charge on any atom is -0.397 e. The second-order valence-corrected chi connectivity index (χ2v) is 6.73. The maximum Gasteiger partial charge on any atom is 0.407 e. The molecule has 0 atom stereocenters. The van der Waals surface area contributed by atoms with Crippen molar-refractivity contribution < 1.29 is 13.2 Å².